The predicted octanol–water partition coefficient (Wildman–Crippen LogP) is 1.74. The molecule has 66 valence electrons. The van der Waals surface area contributed by atoms with Gasteiger partial charge < -0.3 is 10.3 Å². The van der Waals surface area contributed by atoms with Crippen molar-refractivity contribution in [2.24, 2.45) is 0 Å². The van der Waals surface area contributed by atoms with Crippen molar-refractivity contribution in [1.29, 1.82) is 0 Å². The lowest BCUT2D eigenvalue weighted by Gasteiger charge is -2.05. The van der Waals surface area contributed by atoms with Crippen LogP contribution in [0.25, 0.3) is 5.69 Å². The van der Waals surface area contributed by atoms with Crippen molar-refractivity contribution >= 4 is 18.3 Å². The highest BCUT2D eigenvalue weighted by Crippen LogP contribution is 2.20. The van der Waals surface area contributed by atoms with Gasteiger partial charge in [0.1, 0.15) is 0 Å². The molecule has 0 saturated carbocycles. The Labute approximate surface area is 81.6 Å². The van der Waals surface area contributed by atoms with Gasteiger partial charge in [0, 0.05) is 23.0 Å². The van der Waals surface area contributed by atoms with E-state index in [4.69, 9.17) is 5.73 Å². The number of aromatic nitrogens is 2. The fourth-order valence-corrected chi connectivity index (χ4v) is 1.40. The minimum Gasteiger partial charge on any atom is -0.399 e. The molecule has 3 nitrogen and oxygen atoms in total. The molecule has 0 atom stereocenters. The fraction of sp³-hybridized carbons (Fsp3) is 0. The standard InChI is InChI=1S/C9H9N3S/c10-7-1-2-9(13)8(5-7)12-4-3-11-6-12/h1-6,13H,10H2. The van der Waals surface area contributed by atoms with Crippen LogP contribution in [0.4, 0.5) is 5.69 Å². The molecule has 2 N–H and O–H groups in total. The fourth-order valence-electron chi connectivity index (χ4n) is 1.15. The molecular weight excluding hydrogens is 182 g/mol. The van der Waals surface area contributed by atoms with Gasteiger partial charge in [0.2, 0.25) is 0 Å². The molecule has 0 saturated heterocycles. The smallest absolute Gasteiger partial charge is 0.0992 e. The van der Waals surface area contributed by atoms with E-state index in [9.17, 15) is 0 Å². The second kappa shape index (κ2) is 3.14. The quantitative estimate of drug-likeness (QED) is 0.532. The van der Waals surface area contributed by atoms with Crippen LogP contribution in [0.3, 0.4) is 0 Å². The summed E-state index contributed by atoms with van der Waals surface area (Å²) in [6.45, 7) is 0. The number of hydrogen-bond donors (Lipinski definition) is 2. The van der Waals surface area contributed by atoms with Gasteiger partial charge in [-0.2, -0.15) is 0 Å². The maximum atomic E-state index is 5.67. The Balaban J connectivity index is 2.57. The number of nitrogen functional groups attached to an aromatic ring is 1. The van der Waals surface area contributed by atoms with Gasteiger partial charge in [0.05, 0.1) is 12.0 Å². The van der Waals surface area contributed by atoms with Crippen LogP contribution in [0.15, 0.2) is 41.8 Å². The van der Waals surface area contributed by atoms with Crippen molar-refractivity contribution in [2.45, 2.75) is 4.90 Å². The molecule has 0 aliphatic rings. The van der Waals surface area contributed by atoms with Gasteiger partial charge in [-0.15, -0.1) is 12.6 Å². The van der Waals surface area contributed by atoms with Gasteiger partial charge in [-0.25, -0.2) is 4.98 Å². The van der Waals surface area contributed by atoms with Crippen molar-refractivity contribution < 1.29 is 0 Å². The highest BCUT2D eigenvalue weighted by atomic mass is 32.1. The maximum Gasteiger partial charge on any atom is 0.0992 e. The molecule has 1 aromatic heterocycles. The topological polar surface area (TPSA) is 43.8 Å². The zero-order chi connectivity index (χ0) is 9.26. The molecule has 0 aliphatic carbocycles. The van der Waals surface area contributed by atoms with Crippen molar-refractivity contribution in [1.82, 2.24) is 9.55 Å². The molecule has 0 unspecified atom stereocenters. The Hall–Kier alpha value is -1.42. The van der Waals surface area contributed by atoms with Gasteiger partial charge in [0.25, 0.3) is 0 Å². The van der Waals surface area contributed by atoms with Gasteiger partial charge in [-0.3, -0.25) is 0 Å². The summed E-state index contributed by atoms with van der Waals surface area (Å²) >= 11 is 4.33. The van der Waals surface area contributed by atoms with Crippen LogP contribution in [0.1, 0.15) is 0 Å². The number of hydrogen-bond acceptors (Lipinski definition) is 3. The Bertz CT molecular complexity index is 409. The summed E-state index contributed by atoms with van der Waals surface area (Å²) < 4.78 is 1.87. The van der Waals surface area contributed by atoms with Crippen LogP contribution < -0.4 is 5.73 Å². The number of imidazole rings is 1. The van der Waals surface area contributed by atoms with E-state index < -0.39 is 0 Å². The molecule has 0 spiro atoms. The molecule has 2 aromatic rings. The zero-order valence-electron chi connectivity index (χ0n) is 6.88. The largest absolute Gasteiger partial charge is 0.399 e. The number of thiol groups is 1. The average Bonchev–Trinajstić information content (AvgIpc) is 2.61. The highest BCUT2D eigenvalue weighted by molar-refractivity contribution is 7.80. The lowest BCUT2D eigenvalue weighted by atomic mass is 10.3. The number of anilines is 1. The monoisotopic (exact) mass is 191 g/mol. The van der Waals surface area contributed by atoms with E-state index in [0.29, 0.717) is 0 Å². The molecule has 1 heterocycles. The maximum absolute atomic E-state index is 5.67. The van der Waals surface area contributed by atoms with Gasteiger partial charge >= 0.3 is 0 Å². The third-order valence-electron chi connectivity index (χ3n) is 1.78. The molecule has 1 aromatic carbocycles. The first-order valence-corrected chi connectivity index (χ1v) is 4.29. The Morgan fingerprint density at radius 1 is 1.38 bits per heavy atom. The van der Waals surface area contributed by atoms with Crippen molar-refractivity contribution in [3.63, 3.8) is 0 Å². The summed E-state index contributed by atoms with van der Waals surface area (Å²) in [5.41, 5.74) is 7.33. The Morgan fingerprint density at radius 3 is 2.92 bits per heavy atom. The second-order valence-electron chi connectivity index (χ2n) is 2.72. The van der Waals surface area contributed by atoms with E-state index in [1.165, 1.54) is 0 Å². The van der Waals surface area contributed by atoms with E-state index in [1.54, 1.807) is 12.5 Å². The summed E-state index contributed by atoms with van der Waals surface area (Å²) in [5.74, 6) is 0. The Morgan fingerprint density at radius 2 is 2.23 bits per heavy atom. The minimum atomic E-state index is 0.724. The summed E-state index contributed by atoms with van der Waals surface area (Å²) in [6.07, 6.45) is 5.29. The summed E-state index contributed by atoms with van der Waals surface area (Å²) in [7, 11) is 0. The molecule has 0 aliphatic heterocycles. The average molecular weight is 191 g/mol. The third kappa shape index (κ3) is 1.53. The SMILES string of the molecule is Nc1ccc(S)c(-n2ccnc2)c1. The molecule has 0 radical (unpaired) electrons. The third-order valence-corrected chi connectivity index (χ3v) is 2.16. The molecular formula is C9H9N3S. The van der Waals surface area contributed by atoms with Crippen LogP contribution >= 0.6 is 12.6 Å². The molecule has 2 rings (SSSR count). The van der Waals surface area contributed by atoms with Crippen LogP contribution in [-0.2, 0) is 0 Å². The molecule has 0 amide bonds. The van der Waals surface area contributed by atoms with Gasteiger partial charge in [0.15, 0.2) is 0 Å². The number of nitrogens with zero attached hydrogens (tertiary/aromatic N) is 2. The minimum absolute atomic E-state index is 0.724. The second-order valence-corrected chi connectivity index (χ2v) is 3.20. The molecule has 0 bridgehead atoms. The van der Waals surface area contributed by atoms with Crippen LogP contribution in [0.5, 0.6) is 0 Å². The van der Waals surface area contributed by atoms with Crippen LogP contribution in [-0.4, -0.2) is 9.55 Å². The first-order chi connectivity index (χ1) is 6.27. The first kappa shape index (κ1) is 8.19. The molecule has 0 fully saturated rings. The summed E-state index contributed by atoms with van der Waals surface area (Å²) in [6, 6.07) is 5.56. The number of nitrogens with two attached hydrogens (primary N) is 1. The van der Waals surface area contributed by atoms with E-state index in [2.05, 4.69) is 17.6 Å². The zero-order valence-corrected chi connectivity index (χ0v) is 7.78. The number of benzene rings is 1. The number of rotatable bonds is 1. The van der Waals surface area contributed by atoms with E-state index >= 15 is 0 Å². The predicted molar refractivity (Wildman–Crippen MR) is 55.2 cm³/mol. The van der Waals surface area contributed by atoms with Gasteiger partial charge in [-0.1, -0.05) is 0 Å². The lowest BCUT2D eigenvalue weighted by Crippen LogP contribution is -1.94. The van der Waals surface area contributed by atoms with Gasteiger partial charge in [-0.05, 0) is 18.2 Å². The first-order valence-electron chi connectivity index (χ1n) is 3.84. The highest BCUT2D eigenvalue weighted by Gasteiger charge is 2.00. The Kier molecular flexibility index (Phi) is 1.98. The van der Waals surface area contributed by atoms with Crippen molar-refractivity contribution in [3.8, 4) is 5.69 Å². The molecule has 4 heteroatoms. The van der Waals surface area contributed by atoms with Crippen LogP contribution in [0, 0.1) is 0 Å². The normalized spacial score (nSPS) is 10.2. The molecule has 13 heavy (non-hydrogen) atoms. The van der Waals surface area contributed by atoms with E-state index in [0.717, 1.165) is 16.3 Å². The van der Waals surface area contributed by atoms with E-state index in [-0.39, 0.29) is 0 Å². The van der Waals surface area contributed by atoms with Crippen molar-refractivity contribution in [3.05, 3.63) is 36.9 Å². The lowest BCUT2D eigenvalue weighted by molar-refractivity contribution is 1.02. The van der Waals surface area contributed by atoms with E-state index in [1.807, 2.05) is 29.0 Å². The summed E-state index contributed by atoms with van der Waals surface area (Å²) in [5, 5.41) is 0. The summed E-state index contributed by atoms with van der Waals surface area (Å²) in [4.78, 5) is 4.84. The van der Waals surface area contributed by atoms with Crippen LogP contribution in [0.2, 0.25) is 0 Å². The van der Waals surface area contributed by atoms with Crippen molar-refractivity contribution in [2.75, 3.05) is 5.73 Å².